The SMILES string of the molecule is C=C(OCC)c1ccc(C(=O)OC)cc1Cl.C=[C](OCC)[Sn]([CH2]CCC)([CH2]CCC)[CH2]CCC.CC(Oc1ccccc1)c1ccc(C(=O)O)cc1Cl.CO.COC(=O)c1ccc(Br)c(Cl)c1.COC(=O)c1ccc(C(C)=O)c(Cl)c1.COC(=O)c1ccc(C(C)O)c(Cl)c1.COC(=O)c1ccc(C(C)Oc2ccccc2)c(Cl)c1.Oc1ccccc1.[B].[H-].[Na+]. The van der Waals surface area contributed by atoms with Crippen molar-refractivity contribution in [3.63, 3.8) is 0 Å². The molecule has 0 aliphatic heterocycles. The number of ketones is 1. The number of carboxylic acid groups (broad SMARTS) is 1. The van der Waals surface area contributed by atoms with Crippen LogP contribution in [-0.2, 0) is 33.2 Å². The molecule has 0 aliphatic carbocycles. The number of benzene rings is 9. The minimum absolute atomic E-state index is 0. The minimum Gasteiger partial charge on any atom is -1.00 e. The molecule has 20 nitrogen and oxygen atoms in total. The van der Waals surface area contributed by atoms with E-state index >= 15 is 0 Å². The van der Waals surface area contributed by atoms with Crippen LogP contribution in [0.2, 0.25) is 43.4 Å². The molecule has 9 rings (SSSR count). The summed E-state index contributed by atoms with van der Waals surface area (Å²) in [5, 5.41) is 36.2. The Hall–Kier alpha value is -8.05. The van der Waals surface area contributed by atoms with Crippen LogP contribution in [0.4, 0.5) is 0 Å². The number of aromatic hydroxyl groups is 1. The molecule has 0 saturated carbocycles. The second-order valence-electron chi connectivity index (χ2n) is 26.0. The molecule has 9 aromatic carbocycles. The van der Waals surface area contributed by atoms with Gasteiger partial charge in [-0.15, -0.1) is 0 Å². The number of hydrogen-bond acceptors (Lipinski definition) is 19. The number of aromatic carboxylic acids is 1. The summed E-state index contributed by atoms with van der Waals surface area (Å²) in [5.41, 5.74) is 5.41. The molecule has 0 heterocycles. The van der Waals surface area contributed by atoms with E-state index in [-0.39, 0.29) is 73.9 Å². The van der Waals surface area contributed by atoms with Crippen molar-refractivity contribution in [1.82, 2.24) is 0 Å². The first-order valence-corrected chi connectivity index (χ1v) is 49.2. The first-order chi connectivity index (χ1) is 58.1. The summed E-state index contributed by atoms with van der Waals surface area (Å²) >= 11 is 36.7. The molecule has 3 radical (unpaired) electrons. The van der Waals surface area contributed by atoms with Gasteiger partial charge in [0.25, 0.3) is 0 Å². The maximum Gasteiger partial charge on any atom is 1.00 e. The largest absolute Gasteiger partial charge is 1.00 e. The molecule has 4 N–H and O–H groups in total. The topological polar surface area (TPSA) is 283 Å². The Morgan fingerprint density at radius 3 is 1.01 bits per heavy atom. The number of carboxylic acids is 1. The number of phenols is 1. The number of unbranched alkanes of at least 4 members (excludes halogenated alkanes) is 3. The Morgan fingerprint density at radius 2 is 0.726 bits per heavy atom. The van der Waals surface area contributed by atoms with Gasteiger partial charge in [0.2, 0.25) is 0 Å². The van der Waals surface area contributed by atoms with Gasteiger partial charge in [-0.25, -0.2) is 28.8 Å². The van der Waals surface area contributed by atoms with Gasteiger partial charge in [0.15, 0.2) is 5.78 Å². The van der Waals surface area contributed by atoms with Gasteiger partial charge in [-0.05, 0) is 184 Å². The number of esters is 5. The first kappa shape index (κ1) is 118. The monoisotopic (exact) mass is 2000 g/mol. The third-order valence-electron chi connectivity index (χ3n) is 17.3. The molecule has 665 valence electrons. The molecule has 3 atom stereocenters. The number of halogens is 7. The fourth-order valence-corrected chi connectivity index (χ4v) is 27.5. The van der Waals surface area contributed by atoms with Gasteiger partial charge >= 0.3 is 185 Å². The maximum atomic E-state index is 11.4. The van der Waals surface area contributed by atoms with Crippen molar-refractivity contribution in [3.8, 4) is 17.2 Å². The van der Waals surface area contributed by atoms with Crippen molar-refractivity contribution < 1.29 is 128 Å². The molecule has 0 saturated heterocycles. The molecular formula is C94H112BBrCl6NaO20Sn. The summed E-state index contributed by atoms with van der Waals surface area (Å²) in [7, 11) is 7.58. The molecule has 30 heteroatoms. The molecule has 0 amide bonds. The number of methoxy groups -OCH3 is 5. The Kier molecular flexibility index (Phi) is 63.2. The molecule has 0 spiro atoms. The smallest absolute Gasteiger partial charge is 1.00 e. The van der Waals surface area contributed by atoms with E-state index in [1.807, 2.05) is 87.5 Å². The zero-order valence-electron chi connectivity index (χ0n) is 74.0. The van der Waals surface area contributed by atoms with Crippen molar-refractivity contribution in [1.29, 1.82) is 0 Å². The van der Waals surface area contributed by atoms with Crippen LogP contribution in [0.15, 0.2) is 222 Å². The standard InChI is InChI=1S/C16H15ClO3.C15H13ClO3.C12H13ClO3.C10H11ClO3.C10H9ClO3.C8H6BrClO2.C6H6O.C4H7O.3C4H9.CH4O.B.Na.Sn.H/c1-11(20-13-6-4-3-5-7-13)14-9-8-12(10-15(14)17)16(18)19-2;1-10(19-12-5-3-2-4-6-12)13-8-7-11(15(17)18)9-14(13)16;1-4-16-8(2)10-6-5-9(7-11(10)13)12(14)15-3;2*1-6(12)8-4-3-7(5-9(8)11)10(13)14-2;1-12-8(11)5-2-3-6(9)7(10)4-5;7-6-4-2-1-3-5-6;1-3-5-4-2;3*1-3-4-2;1-2;;;;/h3-11H,1-2H3;2-10H,1H3,(H,17,18);5-7H,2,4H2,1,3H3;3-6,12H,1-2H3;3-5H,1-2H3;2-4H,1H3;1-5,7H;1,4H2,2H3;3*1,3-4H2,2H3;2H,1H3;;;;/q;;;;;;;;;;;;;+1;;-1. The number of carbonyl (C=O) groups is 7. The van der Waals surface area contributed by atoms with Crippen LogP contribution in [0, 0.1) is 0 Å². The maximum absolute atomic E-state index is 11.4. The van der Waals surface area contributed by atoms with Crippen LogP contribution in [0.5, 0.6) is 17.2 Å². The summed E-state index contributed by atoms with van der Waals surface area (Å²) in [6.45, 7) is 27.1. The summed E-state index contributed by atoms with van der Waals surface area (Å²) < 4.78 is 51.9. The average molecular weight is 2010 g/mol. The number of aliphatic hydroxyl groups is 2. The number of ether oxygens (including phenoxy) is 9. The third-order valence-corrected chi connectivity index (χ3v) is 35.2. The molecule has 124 heavy (non-hydrogen) atoms. The van der Waals surface area contributed by atoms with E-state index in [0.29, 0.717) is 87.7 Å². The van der Waals surface area contributed by atoms with Gasteiger partial charge in [-0.1, -0.05) is 149 Å². The van der Waals surface area contributed by atoms with E-state index in [1.54, 1.807) is 97.9 Å². The van der Waals surface area contributed by atoms with Crippen LogP contribution in [0.1, 0.15) is 215 Å². The van der Waals surface area contributed by atoms with Gasteiger partial charge < -0.3 is 59.7 Å². The first-order valence-electron chi connectivity index (χ1n) is 38.6. The van der Waals surface area contributed by atoms with E-state index < -0.39 is 54.3 Å². The quantitative estimate of drug-likeness (QED) is 0.0111. The van der Waals surface area contributed by atoms with Crippen LogP contribution in [0.25, 0.3) is 5.76 Å². The second kappa shape index (κ2) is 66.4. The van der Waals surface area contributed by atoms with Gasteiger partial charge in [-0.3, -0.25) is 4.79 Å². The number of hydrogen-bond donors (Lipinski definition) is 4. The van der Waals surface area contributed by atoms with Crippen molar-refractivity contribution in [2.75, 3.05) is 55.9 Å². The molecule has 0 fully saturated rings. The predicted octanol–water partition coefficient (Wildman–Crippen LogP) is 22.6. The molecule has 3 unspecified atom stereocenters. The summed E-state index contributed by atoms with van der Waals surface area (Å²) in [5.74, 6) is -0.926. The molecule has 0 aromatic heterocycles. The number of para-hydroxylation sites is 3. The fourth-order valence-electron chi connectivity index (χ4n) is 10.9. The number of aliphatic hydroxyl groups excluding tert-OH is 2. The van der Waals surface area contributed by atoms with E-state index in [1.165, 1.54) is 141 Å². The van der Waals surface area contributed by atoms with Crippen LogP contribution >= 0.6 is 85.5 Å². The van der Waals surface area contributed by atoms with Gasteiger partial charge in [0, 0.05) is 57.3 Å². The normalized spacial score (nSPS) is 10.6. The molecule has 9 aromatic rings. The summed E-state index contributed by atoms with van der Waals surface area (Å²) in [6.07, 6.45) is 6.99. The van der Waals surface area contributed by atoms with E-state index in [4.69, 9.17) is 104 Å². The van der Waals surface area contributed by atoms with E-state index in [9.17, 15) is 38.7 Å². The van der Waals surface area contributed by atoms with Crippen LogP contribution in [-0.4, -0.2) is 145 Å². The van der Waals surface area contributed by atoms with Gasteiger partial charge in [0.05, 0.1) is 96.7 Å². The molecule has 0 bridgehead atoms. The van der Waals surface area contributed by atoms with Crippen molar-refractivity contribution in [3.05, 3.63) is 313 Å². The van der Waals surface area contributed by atoms with E-state index in [0.717, 1.165) is 40.8 Å². The fraction of sp³-hybridized carbons (Fsp3) is 0.309. The zero-order valence-corrected chi connectivity index (χ0v) is 84.0. The third kappa shape index (κ3) is 43.4. The van der Waals surface area contributed by atoms with Crippen molar-refractivity contribution in [2.45, 2.75) is 132 Å². The van der Waals surface area contributed by atoms with Gasteiger partial charge in [-0.2, -0.15) is 0 Å². The Morgan fingerprint density at radius 1 is 0.427 bits per heavy atom. The average Bonchev–Trinajstić information content (AvgIpc) is 0.858. The second-order valence-corrected chi connectivity index (χ2v) is 42.5. The van der Waals surface area contributed by atoms with Gasteiger partial charge in [0.1, 0.15) is 35.2 Å². The minimum atomic E-state index is -2.24. The van der Waals surface area contributed by atoms with Crippen molar-refractivity contribution >= 4 is 160 Å². The summed E-state index contributed by atoms with van der Waals surface area (Å²) in [4.78, 5) is 77.7. The molecule has 0 aliphatic rings. The zero-order chi connectivity index (χ0) is 92.0. The predicted molar refractivity (Wildman–Crippen MR) is 501 cm³/mol. The Labute approximate surface area is 798 Å². The van der Waals surface area contributed by atoms with Crippen LogP contribution in [0.3, 0.4) is 0 Å². The number of phenolic OH excluding ortho intramolecular Hbond substituents is 1. The Bertz CT molecular complexity index is 4710. The Balaban J connectivity index is -0.00000137. The number of carbonyl (C=O) groups excluding carboxylic acids is 6. The number of Topliss-reactive ketones (excluding diaryl/α,β-unsaturated/α-hetero) is 1. The van der Waals surface area contributed by atoms with E-state index in [2.05, 4.69) is 80.5 Å². The summed E-state index contributed by atoms with van der Waals surface area (Å²) in [6, 6.07) is 56.1. The van der Waals surface area contributed by atoms with Crippen molar-refractivity contribution in [2.24, 2.45) is 0 Å². The van der Waals surface area contributed by atoms with Crippen LogP contribution < -0.4 is 39.0 Å². The number of rotatable bonds is 29. The molecular weight excluding hydrogens is 1890 g/mol.